The Morgan fingerprint density at radius 1 is 1.02 bits per heavy atom. The van der Waals surface area contributed by atoms with Gasteiger partial charge in [0, 0.05) is 37.5 Å². The number of primary amides is 1. The van der Waals surface area contributed by atoms with Crippen molar-refractivity contribution in [2.75, 3.05) is 51.5 Å². The molecule has 2 N–H and O–H groups in total. The Hall–Kier alpha value is -4.88. The fourth-order valence-electron chi connectivity index (χ4n) is 5.85. The highest BCUT2D eigenvalue weighted by Gasteiger charge is 2.64. The van der Waals surface area contributed by atoms with Gasteiger partial charge in [0.2, 0.25) is 17.7 Å². The van der Waals surface area contributed by atoms with E-state index in [4.69, 9.17) is 24.7 Å². The van der Waals surface area contributed by atoms with Crippen LogP contribution in [0.3, 0.4) is 0 Å². The van der Waals surface area contributed by atoms with Crippen LogP contribution in [-0.2, 0) is 14.3 Å². The normalized spacial score (nSPS) is 19.3. The molecule has 2 heterocycles. The lowest BCUT2D eigenvalue weighted by molar-refractivity contribution is -0.134. The molecule has 0 unspecified atom stereocenters. The maximum atomic E-state index is 15.7. The predicted octanol–water partition coefficient (Wildman–Crippen LogP) is 4.99. The van der Waals surface area contributed by atoms with Gasteiger partial charge in [0.1, 0.15) is 17.6 Å². The zero-order valence-electron chi connectivity index (χ0n) is 26.1. The molecule has 6 rings (SSSR count). The molecule has 0 bridgehead atoms. The second-order valence-electron chi connectivity index (χ2n) is 11.6. The number of rotatable bonds is 12. The molecule has 13 heteroatoms. The van der Waals surface area contributed by atoms with Gasteiger partial charge in [0.05, 0.1) is 43.5 Å². The van der Waals surface area contributed by atoms with E-state index < -0.39 is 28.9 Å². The molecule has 1 aliphatic carbocycles. The maximum Gasteiger partial charge on any atom is 0.247 e. The molecule has 0 spiro atoms. The number of nitrogens with zero attached hydrogens (tertiary/aromatic N) is 4. The van der Waals surface area contributed by atoms with Crippen molar-refractivity contribution in [2.45, 2.75) is 19.8 Å². The van der Waals surface area contributed by atoms with E-state index in [9.17, 15) is 14.0 Å². The third-order valence-corrected chi connectivity index (χ3v) is 8.66. The first kappa shape index (κ1) is 32.1. The summed E-state index contributed by atoms with van der Waals surface area (Å²) < 4.78 is 52.3. The number of carbonyl (C=O) groups excluding carboxylic acids is 2. The number of morpholine rings is 1. The van der Waals surface area contributed by atoms with Gasteiger partial charge in [-0.1, -0.05) is 6.92 Å². The summed E-state index contributed by atoms with van der Waals surface area (Å²) in [6.45, 7) is 6.40. The number of hydrogen-bond acceptors (Lipinski definition) is 9. The molecular formula is C34H35F2N5O6. The monoisotopic (exact) mass is 647 g/mol. The van der Waals surface area contributed by atoms with Crippen LogP contribution in [0, 0.1) is 23.0 Å². The van der Waals surface area contributed by atoms with Gasteiger partial charge in [-0.15, -0.1) is 0 Å². The predicted molar refractivity (Wildman–Crippen MR) is 169 cm³/mol. The van der Waals surface area contributed by atoms with Crippen LogP contribution < -0.4 is 24.8 Å². The van der Waals surface area contributed by atoms with E-state index in [2.05, 4.69) is 14.9 Å². The number of aromatic nitrogens is 2. The lowest BCUT2D eigenvalue weighted by atomic mass is 10.00. The van der Waals surface area contributed by atoms with E-state index in [0.29, 0.717) is 29.0 Å². The smallest absolute Gasteiger partial charge is 0.247 e. The average molecular weight is 648 g/mol. The number of halogens is 2. The number of anilines is 2. The highest BCUT2D eigenvalue weighted by molar-refractivity contribution is 6.17. The fourth-order valence-corrected chi connectivity index (χ4v) is 5.85. The van der Waals surface area contributed by atoms with Gasteiger partial charge in [0.25, 0.3) is 0 Å². The van der Waals surface area contributed by atoms with Crippen LogP contribution in [0.5, 0.6) is 23.1 Å². The topological polar surface area (TPSA) is 129 Å². The number of nitrogens with two attached hydrogens (primary N) is 1. The van der Waals surface area contributed by atoms with Crippen molar-refractivity contribution in [3.8, 4) is 23.1 Å². The molecule has 0 radical (unpaired) electrons. The fraction of sp³-hybridized carbons (Fsp3) is 0.353. The van der Waals surface area contributed by atoms with Gasteiger partial charge >= 0.3 is 0 Å². The second-order valence-corrected chi connectivity index (χ2v) is 11.6. The summed E-state index contributed by atoms with van der Waals surface area (Å²) in [5.74, 6) is -2.17. The summed E-state index contributed by atoms with van der Waals surface area (Å²) in [4.78, 5) is 38.2. The van der Waals surface area contributed by atoms with E-state index in [0.717, 1.165) is 45.3 Å². The molecule has 3 aromatic carbocycles. The van der Waals surface area contributed by atoms with Crippen LogP contribution in [0.2, 0.25) is 0 Å². The van der Waals surface area contributed by atoms with Gasteiger partial charge in [-0.05, 0) is 61.2 Å². The van der Waals surface area contributed by atoms with Gasteiger partial charge < -0.3 is 24.7 Å². The minimum atomic E-state index is -1.44. The van der Waals surface area contributed by atoms with E-state index in [1.165, 1.54) is 54.7 Å². The number of fused-ring (bicyclic) bond motifs is 1. The summed E-state index contributed by atoms with van der Waals surface area (Å²) in [7, 11) is 1.52. The molecule has 11 nitrogen and oxygen atoms in total. The lowest BCUT2D eigenvalue weighted by Crippen LogP contribution is -2.42. The van der Waals surface area contributed by atoms with Crippen LogP contribution in [0.1, 0.15) is 19.8 Å². The molecule has 1 aliphatic heterocycles. The number of carbonyl (C=O) groups is 2. The van der Waals surface area contributed by atoms with Crippen LogP contribution in [0.15, 0.2) is 60.9 Å². The molecule has 246 valence electrons. The zero-order chi connectivity index (χ0) is 33.1. The summed E-state index contributed by atoms with van der Waals surface area (Å²) in [6, 6.07) is 12.4. The molecule has 1 aromatic heterocycles. The standard InChI is InChI=1S/C34H35F2N5O6/c1-21-19-34(21,32(37)42)33(43)41(23-6-4-22(35)5-7-23)24-8-9-28(26(36)16-24)47-31-25-17-29(44-2)30(18-27(25)38-20-39-31)46-13-3-10-40-11-14-45-15-12-40/h4-9,16-18,20-21H,3,10-15,19H2,1-2H3,(H2,37,42)/t21-,34-/m1/s1. The Labute approximate surface area is 270 Å². The van der Waals surface area contributed by atoms with E-state index in [1.807, 2.05) is 0 Å². The SMILES string of the molecule is COc1cc2c(Oc3ccc(N(C(=O)[C@]4(C(N)=O)C[C@H]4C)c4ccc(F)cc4)cc3F)ncnc2cc1OCCCN1CCOCC1. The number of ether oxygens (including phenoxy) is 4. The van der Waals surface area contributed by atoms with Crippen LogP contribution in [0.25, 0.3) is 10.9 Å². The molecule has 47 heavy (non-hydrogen) atoms. The highest BCUT2D eigenvalue weighted by atomic mass is 19.1. The number of hydrogen-bond donors (Lipinski definition) is 1. The number of amides is 2. The third-order valence-electron chi connectivity index (χ3n) is 8.66. The number of benzene rings is 3. The number of methoxy groups -OCH3 is 1. The first-order valence-electron chi connectivity index (χ1n) is 15.3. The summed E-state index contributed by atoms with van der Waals surface area (Å²) >= 11 is 0. The van der Waals surface area contributed by atoms with Gasteiger partial charge in [-0.2, -0.15) is 0 Å². The Bertz CT molecular complexity index is 1790. The molecular weight excluding hydrogens is 612 g/mol. The van der Waals surface area contributed by atoms with Gasteiger partial charge in [0.15, 0.2) is 23.1 Å². The zero-order valence-corrected chi connectivity index (χ0v) is 26.1. The van der Waals surface area contributed by atoms with Crippen molar-refractivity contribution in [1.82, 2.24) is 14.9 Å². The van der Waals surface area contributed by atoms with Crippen molar-refractivity contribution < 1.29 is 37.3 Å². The summed E-state index contributed by atoms with van der Waals surface area (Å²) in [6.07, 6.45) is 2.38. The first-order chi connectivity index (χ1) is 22.7. The summed E-state index contributed by atoms with van der Waals surface area (Å²) in [5, 5.41) is 0.461. The van der Waals surface area contributed by atoms with Crippen molar-refractivity contribution >= 4 is 34.1 Å². The van der Waals surface area contributed by atoms with Crippen LogP contribution in [0.4, 0.5) is 20.2 Å². The van der Waals surface area contributed by atoms with E-state index >= 15 is 4.39 Å². The molecule has 2 aliphatic rings. The van der Waals surface area contributed by atoms with Crippen LogP contribution >= 0.6 is 0 Å². The quantitative estimate of drug-likeness (QED) is 0.167. The molecule has 1 saturated carbocycles. The first-order valence-corrected chi connectivity index (χ1v) is 15.3. The molecule has 2 fully saturated rings. The van der Waals surface area contributed by atoms with E-state index in [-0.39, 0.29) is 35.3 Å². The van der Waals surface area contributed by atoms with Crippen molar-refractivity contribution in [3.63, 3.8) is 0 Å². The van der Waals surface area contributed by atoms with Crippen molar-refractivity contribution in [3.05, 3.63) is 72.6 Å². The lowest BCUT2D eigenvalue weighted by Gasteiger charge is -2.27. The third kappa shape index (κ3) is 6.54. The van der Waals surface area contributed by atoms with E-state index in [1.54, 1.807) is 19.1 Å². The second kappa shape index (κ2) is 13.5. The average Bonchev–Trinajstić information content (AvgIpc) is 3.77. The maximum absolute atomic E-state index is 15.7. The van der Waals surface area contributed by atoms with Gasteiger partial charge in [-0.25, -0.2) is 18.7 Å². The molecule has 2 atom stereocenters. The Kier molecular flexibility index (Phi) is 9.19. The molecule has 4 aromatic rings. The minimum Gasteiger partial charge on any atom is -0.493 e. The van der Waals surface area contributed by atoms with Crippen molar-refractivity contribution in [1.29, 1.82) is 0 Å². The minimum absolute atomic E-state index is 0.0739. The summed E-state index contributed by atoms with van der Waals surface area (Å²) in [5.41, 5.74) is 5.05. The van der Waals surface area contributed by atoms with Crippen molar-refractivity contribution in [2.24, 2.45) is 17.1 Å². The Balaban J connectivity index is 1.24. The van der Waals surface area contributed by atoms with Gasteiger partial charge in [-0.3, -0.25) is 19.4 Å². The largest absolute Gasteiger partial charge is 0.493 e. The highest BCUT2D eigenvalue weighted by Crippen LogP contribution is 2.54. The van der Waals surface area contributed by atoms with Crippen LogP contribution in [-0.4, -0.2) is 73.2 Å². The Morgan fingerprint density at radius 2 is 1.74 bits per heavy atom. The molecule has 2 amide bonds. The molecule has 1 saturated heterocycles. The Morgan fingerprint density at radius 3 is 2.40 bits per heavy atom.